The number of benzene rings is 2. The predicted octanol–water partition coefficient (Wildman–Crippen LogP) is 3.41. The van der Waals surface area contributed by atoms with E-state index < -0.39 is 11.5 Å². The minimum Gasteiger partial charge on any atom is -0.462 e. The molecule has 4 aromatic rings. The quantitative estimate of drug-likeness (QED) is 0.520. The highest BCUT2D eigenvalue weighted by Crippen LogP contribution is 2.35. The Kier molecular flexibility index (Phi) is 4.78. The van der Waals surface area contributed by atoms with E-state index in [4.69, 9.17) is 10.5 Å². The average molecular weight is 386 g/mol. The third kappa shape index (κ3) is 3.34. The number of anilines is 1. The Morgan fingerprint density at radius 3 is 2.24 bits per heavy atom. The van der Waals surface area contributed by atoms with Crippen LogP contribution in [0, 0.1) is 0 Å². The predicted molar refractivity (Wildman–Crippen MR) is 111 cm³/mol. The number of ether oxygens (including phenoxy) is 1. The van der Waals surface area contributed by atoms with E-state index in [1.54, 1.807) is 6.92 Å². The summed E-state index contributed by atoms with van der Waals surface area (Å²) in [7, 11) is 0. The molecule has 4 rings (SSSR count). The summed E-state index contributed by atoms with van der Waals surface area (Å²) in [6.45, 7) is 1.92. The van der Waals surface area contributed by atoms with Crippen molar-refractivity contribution in [1.82, 2.24) is 15.0 Å². The lowest BCUT2D eigenvalue weighted by Gasteiger charge is -2.16. The number of H-pyrrole nitrogens is 1. The molecule has 2 aromatic heterocycles. The molecule has 29 heavy (non-hydrogen) atoms. The van der Waals surface area contributed by atoms with Crippen molar-refractivity contribution in [3.05, 3.63) is 76.6 Å². The van der Waals surface area contributed by atoms with Gasteiger partial charge in [0.05, 0.1) is 23.3 Å². The highest BCUT2D eigenvalue weighted by molar-refractivity contribution is 6.10. The first kappa shape index (κ1) is 18.4. The highest BCUT2D eigenvalue weighted by Gasteiger charge is 2.26. The molecule has 3 N–H and O–H groups in total. The van der Waals surface area contributed by atoms with E-state index in [1.165, 1.54) is 0 Å². The highest BCUT2D eigenvalue weighted by atomic mass is 16.5. The number of aromatic amines is 1. The Hall–Kier alpha value is -4.00. The fraction of sp³-hybridized carbons (Fsp3) is 0.0909. The maximum Gasteiger partial charge on any atom is 0.341 e. The zero-order valence-electron chi connectivity index (χ0n) is 15.7. The van der Waals surface area contributed by atoms with E-state index in [0.29, 0.717) is 22.4 Å². The Balaban J connectivity index is 2.22. The Bertz CT molecular complexity index is 1250. The Morgan fingerprint density at radius 1 is 1.00 bits per heavy atom. The number of nitrogens with one attached hydrogen (secondary N) is 1. The lowest BCUT2D eigenvalue weighted by atomic mass is 9.93. The summed E-state index contributed by atoms with van der Waals surface area (Å²) in [6.07, 6.45) is 0. The van der Waals surface area contributed by atoms with E-state index in [0.717, 1.165) is 0 Å². The van der Waals surface area contributed by atoms with Gasteiger partial charge < -0.3 is 10.5 Å². The van der Waals surface area contributed by atoms with E-state index in [-0.39, 0.29) is 29.2 Å². The fourth-order valence-corrected chi connectivity index (χ4v) is 3.29. The minimum absolute atomic E-state index is 0.0445. The van der Waals surface area contributed by atoms with Crippen LogP contribution in [0.4, 0.5) is 5.95 Å². The van der Waals surface area contributed by atoms with Crippen molar-refractivity contribution in [2.24, 2.45) is 0 Å². The average Bonchev–Trinajstić information content (AvgIpc) is 2.73. The molecule has 7 heteroatoms. The fourth-order valence-electron chi connectivity index (χ4n) is 3.29. The molecule has 0 amide bonds. The topological polar surface area (TPSA) is 111 Å². The van der Waals surface area contributed by atoms with Gasteiger partial charge in [-0.25, -0.2) is 9.78 Å². The molecule has 7 nitrogen and oxygen atoms in total. The van der Waals surface area contributed by atoms with Crippen LogP contribution in [0.15, 0.2) is 65.5 Å². The van der Waals surface area contributed by atoms with Crippen LogP contribution in [0.2, 0.25) is 0 Å². The van der Waals surface area contributed by atoms with Gasteiger partial charge in [0.15, 0.2) is 5.65 Å². The number of esters is 1. The number of nitrogen functional groups attached to an aromatic ring is 1. The van der Waals surface area contributed by atoms with E-state index in [1.807, 2.05) is 60.7 Å². The number of nitrogens with zero attached hydrogens (tertiary/aromatic N) is 2. The van der Waals surface area contributed by atoms with Gasteiger partial charge in [0.1, 0.15) is 0 Å². The monoisotopic (exact) mass is 386 g/mol. The van der Waals surface area contributed by atoms with Crippen molar-refractivity contribution >= 4 is 23.0 Å². The zero-order chi connectivity index (χ0) is 20.4. The van der Waals surface area contributed by atoms with Gasteiger partial charge in [-0.1, -0.05) is 60.7 Å². The molecule has 2 heterocycles. The number of fused-ring (bicyclic) bond motifs is 1. The second-order valence-electron chi connectivity index (χ2n) is 6.31. The number of aromatic nitrogens is 3. The van der Waals surface area contributed by atoms with Gasteiger partial charge in [-0.05, 0) is 12.5 Å². The molecule has 0 unspecified atom stereocenters. The third-order valence-corrected chi connectivity index (χ3v) is 4.46. The van der Waals surface area contributed by atoms with E-state index in [2.05, 4.69) is 15.0 Å². The molecule has 2 aromatic carbocycles. The van der Waals surface area contributed by atoms with Crippen LogP contribution in [-0.2, 0) is 4.74 Å². The number of rotatable bonds is 4. The smallest absolute Gasteiger partial charge is 0.341 e. The lowest BCUT2D eigenvalue weighted by molar-refractivity contribution is 0.0528. The number of carbonyl (C=O) groups excluding carboxylic acids is 1. The van der Waals surface area contributed by atoms with Crippen molar-refractivity contribution < 1.29 is 9.53 Å². The molecular weight excluding hydrogens is 368 g/mol. The van der Waals surface area contributed by atoms with Gasteiger partial charge in [-0.3, -0.25) is 9.78 Å². The minimum atomic E-state index is -0.559. The first-order valence-electron chi connectivity index (χ1n) is 9.11. The number of pyridine rings is 1. The summed E-state index contributed by atoms with van der Waals surface area (Å²) >= 11 is 0. The first-order chi connectivity index (χ1) is 14.1. The summed E-state index contributed by atoms with van der Waals surface area (Å²) in [4.78, 5) is 37.1. The van der Waals surface area contributed by atoms with Crippen LogP contribution >= 0.6 is 0 Å². The molecule has 0 aliphatic carbocycles. The van der Waals surface area contributed by atoms with Crippen molar-refractivity contribution in [2.45, 2.75) is 6.92 Å². The summed E-state index contributed by atoms with van der Waals surface area (Å²) < 4.78 is 5.33. The number of nitrogens with two attached hydrogens (primary N) is 1. The molecule has 0 aliphatic rings. The van der Waals surface area contributed by atoms with Gasteiger partial charge in [0.2, 0.25) is 5.95 Å². The zero-order valence-corrected chi connectivity index (χ0v) is 15.7. The summed E-state index contributed by atoms with van der Waals surface area (Å²) in [6, 6.07) is 18.4. The van der Waals surface area contributed by atoms with Crippen molar-refractivity contribution in [2.75, 3.05) is 12.3 Å². The third-order valence-electron chi connectivity index (χ3n) is 4.46. The summed E-state index contributed by atoms with van der Waals surface area (Å²) in [5, 5.41) is 0.188. The maximum atomic E-state index is 13.0. The Labute approximate surface area is 166 Å². The molecule has 144 valence electrons. The SMILES string of the molecule is CCOC(=O)c1c(-c2ccccc2)nc2nc(N)[nH]c(=O)c2c1-c1ccccc1. The van der Waals surface area contributed by atoms with Gasteiger partial charge in [-0.15, -0.1) is 0 Å². The molecule has 0 atom stereocenters. The van der Waals surface area contributed by atoms with E-state index in [9.17, 15) is 9.59 Å². The molecule has 0 saturated carbocycles. The van der Waals surface area contributed by atoms with E-state index >= 15 is 0 Å². The molecule has 0 bridgehead atoms. The number of hydrogen-bond acceptors (Lipinski definition) is 6. The summed E-state index contributed by atoms with van der Waals surface area (Å²) in [5.41, 5.74) is 7.84. The van der Waals surface area contributed by atoms with Crippen molar-refractivity contribution in [3.63, 3.8) is 0 Å². The van der Waals surface area contributed by atoms with Crippen LogP contribution in [0.5, 0.6) is 0 Å². The molecule has 0 aliphatic heterocycles. The number of carbonyl (C=O) groups is 1. The van der Waals surface area contributed by atoms with Gasteiger partial charge in [-0.2, -0.15) is 4.98 Å². The molecule has 0 spiro atoms. The molecule has 0 radical (unpaired) electrons. The molecular formula is C22H18N4O3. The second kappa shape index (κ2) is 7.55. The van der Waals surface area contributed by atoms with Crippen molar-refractivity contribution in [1.29, 1.82) is 0 Å². The first-order valence-corrected chi connectivity index (χ1v) is 9.11. The summed E-state index contributed by atoms with van der Waals surface area (Å²) in [5.74, 6) is -0.604. The molecule has 0 fully saturated rings. The van der Waals surface area contributed by atoms with Crippen LogP contribution in [0.3, 0.4) is 0 Å². The normalized spacial score (nSPS) is 10.8. The van der Waals surface area contributed by atoms with Gasteiger partial charge >= 0.3 is 5.97 Å². The van der Waals surface area contributed by atoms with Crippen molar-refractivity contribution in [3.8, 4) is 22.4 Å². The standard InChI is InChI=1S/C22H18N4O3/c1-2-29-21(28)16-15(13-9-5-3-6-10-13)17-19(25-22(23)26-20(17)27)24-18(16)14-11-7-4-8-12-14/h3-12H,2H2,1H3,(H3,23,24,25,26,27). The van der Waals surface area contributed by atoms with Crippen LogP contribution in [-0.4, -0.2) is 27.5 Å². The molecule has 0 saturated heterocycles. The maximum absolute atomic E-state index is 13.0. The van der Waals surface area contributed by atoms with Crippen LogP contribution in [0.1, 0.15) is 17.3 Å². The second-order valence-corrected chi connectivity index (χ2v) is 6.31. The Morgan fingerprint density at radius 2 is 1.62 bits per heavy atom. The van der Waals surface area contributed by atoms with Crippen LogP contribution < -0.4 is 11.3 Å². The van der Waals surface area contributed by atoms with Crippen LogP contribution in [0.25, 0.3) is 33.4 Å². The van der Waals surface area contributed by atoms with Gasteiger partial charge in [0, 0.05) is 11.1 Å². The lowest BCUT2D eigenvalue weighted by Crippen LogP contribution is -2.17. The van der Waals surface area contributed by atoms with Gasteiger partial charge in [0.25, 0.3) is 5.56 Å². The number of hydrogen-bond donors (Lipinski definition) is 2. The largest absolute Gasteiger partial charge is 0.462 e.